The lowest BCUT2D eigenvalue weighted by molar-refractivity contribution is 0.413. The molecule has 0 bridgehead atoms. The minimum absolute atomic E-state index is 0.358. The summed E-state index contributed by atoms with van der Waals surface area (Å²) in [5, 5.41) is 0. The molecule has 0 aliphatic rings. The Kier molecular flexibility index (Phi) is 4.79. The van der Waals surface area contributed by atoms with Crippen LogP contribution in [0.3, 0.4) is 0 Å². The van der Waals surface area contributed by atoms with Gasteiger partial charge in [-0.05, 0) is 35.9 Å². The molecule has 0 saturated heterocycles. The van der Waals surface area contributed by atoms with Crippen LogP contribution in [-0.2, 0) is 6.42 Å². The van der Waals surface area contributed by atoms with Crippen molar-refractivity contribution in [2.24, 2.45) is 0 Å². The van der Waals surface area contributed by atoms with Crippen molar-refractivity contribution in [3.8, 4) is 22.8 Å². The van der Waals surface area contributed by atoms with Gasteiger partial charge in [-0.25, -0.2) is 14.4 Å². The van der Waals surface area contributed by atoms with E-state index in [0.29, 0.717) is 34.9 Å². The molecule has 6 heteroatoms. The standard InChI is InChI=1S/C19H18FN3O2/c1-24-18-6-3-12(8-16(18)21)7-14-10-17(23-11-22-14)15-5-4-13(20)9-19(15)25-2/h3-6,8-11H,7,21H2,1-2H3. The Balaban J connectivity index is 1.91. The highest BCUT2D eigenvalue weighted by atomic mass is 19.1. The van der Waals surface area contributed by atoms with Gasteiger partial charge in [-0.3, -0.25) is 0 Å². The Morgan fingerprint density at radius 1 is 0.960 bits per heavy atom. The van der Waals surface area contributed by atoms with Crippen molar-refractivity contribution in [2.75, 3.05) is 20.0 Å². The highest BCUT2D eigenvalue weighted by Gasteiger charge is 2.10. The van der Waals surface area contributed by atoms with Crippen molar-refractivity contribution in [2.45, 2.75) is 6.42 Å². The van der Waals surface area contributed by atoms with Crippen LogP contribution in [0.2, 0.25) is 0 Å². The lowest BCUT2D eigenvalue weighted by Gasteiger charge is -2.10. The molecule has 5 nitrogen and oxygen atoms in total. The average Bonchev–Trinajstić information content (AvgIpc) is 2.62. The van der Waals surface area contributed by atoms with Crippen LogP contribution >= 0.6 is 0 Å². The quantitative estimate of drug-likeness (QED) is 0.721. The van der Waals surface area contributed by atoms with Crippen molar-refractivity contribution in [1.82, 2.24) is 9.97 Å². The van der Waals surface area contributed by atoms with Crippen LogP contribution in [0.4, 0.5) is 10.1 Å². The Labute approximate surface area is 145 Å². The molecular weight excluding hydrogens is 321 g/mol. The molecule has 3 aromatic rings. The zero-order valence-electron chi connectivity index (χ0n) is 14.0. The van der Waals surface area contributed by atoms with Gasteiger partial charge < -0.3 is 15.2 Å². The van der Waals surface area contributed by atoms with Crippen molar-refractivity contribution in [3.05, 3.63) is 65.9 Å². The molecule has 3 rings (SSSR count). The first-order chi connectivity index (χ1) is 12.1. The fourth-order valence-electron chi connectivity index (χ4n) is 2.62. The highest BCUT2D eigenvalue weighted by Crippen LogP contribution is 2.30. The molecule has 25 heavy (non-hydrogen) atoms. The van der Waals surface area contributed by atoms with Crippen LogP contribution in [0.25, 0.3) is 11.3 Å². The van der Waals surface area contributed by atoms with E-state index in [4.69, 9.17) is 15.2 Å². The van der Waals surface area contributed by atoms with E-state index < -0.39 is 0 Å². The van der Waals surface area contributed by atoms with Gasteiger partial charge in [0, 0.05) is 23.7 Å². The zero-order valence-corrected chi connectivity index (χ0v) is 14.0. The van der Waals surface area contributed by atoms with E-state index in [1.54, 1.807) is 13.2 Å². The predicted octanol–water partition coefficient (Wildman–Crippen LogP) is 3.47. The van der Waals surface area contributed by atoms with E-state index in [1.807, 2.05) is 24.3 Å². The van der Waals surface area contributed by atoms with Crippen LogP contribution in [0.15, 0.2) is 48.8 Å². The van der Waals surface area contributed by atoms with Gasteiger partial charge in [-0.2, -0.15) is 0 Å². The van der Waals surface area contributed by atoms with Gasteiger partial charge in [0.15, 0.2) is 0 Å². The Morgan fingerprint density at radius 2 is 1.76 bits per heavy atom. The Hall–Kier alpha value is -3.15. The van der Waals surface area contributed by atoms with Crippen LogP contribution < -0.4 is 15.2 Å². The van der Waals surface area contributed by atoms with E-state index in [-0.39, 0.29) is 5.82 Å². The number of hydrogen-bond acceptors (Lipinski definition) is 5. The third-order valence-electron chi connectivity index (χ3n) is 3.84. The van der Waals surface area contributed by atoms with Crippen molar-refractivity contribution >= 4 is 5.69 Å². The first-order valence-electron chi connectivity index (χ1n) is 7.68. The van der Waals surface area contributed by atoms with E-state index in [2.05, 4.69) is 9.97 Å². The van der Waals surface area contributed by atoms with Gasteiger partial charge in [-0.1, -0.05) is 6.07 Å². The minimum atomic E-state index is -0.358. The van der Waals surface area contributed by atoms with Gasteiger partial charge in [0.25, 0.3) is 0 Å². The number of aromatic nitrogens is 2. The smallest absolute Gasteiger partial charge is 0.141 e. The normalized spacial score (nSPS) is 10.5. The summed E-state index contributed by atoms with van der Waals surface area (Å²) < 4.78 is 23.8. The first kappa shape index (κ1) is 16.7. The molecule has 0 amide bonds. The molecule has 0 radical (unpaired) electrons. The molecule has 1 heterocycles. The number of rotatable bonds is 5. The number of anilines is 1. The minimum Gasteiger partial charge on any atom is -0.496 e. The van der Waals surface area contributed by atoms with Crippen LogP contribution in [-0.4, -0.2) is 24.2 Å². The van der Waals surface area contributed by atoms with E-state index >= 15 is 0 Å². The van der Waals surface area contributed by atoms with Crippen LogP contribution in [0.5, 0.6) is 11.5 Å². The van der Waals surface area contributed by atoms with Gasteiger partial charge in [0.2, 0.25) is 0 Å². The molecule has 0 spiro atoms. The van der Waals surface area contributed by atoms with Crippen molar-refractivity contribution < 1.29 is 13.9 Å². The molecule has 0 atom stereocenters. The lowest BCUT2D eigenvalue weighted by Crippen LogP contribution is -1.98. The third-order valence-corrected chi connectivity index (χ3v) is 3.84. The lowest BCUT2D eigenvalue weighted by atomic mass is 10.1. The number of ether oxygens (including phenoxy) is 2. The number of benzene rings is 2. The molecule has 2 aromatic carbocycles. The summed E-state index contributed by atoms with van der Waals surface area (Å²) in [6.45, 7) is 0. The first-order valence-corrected chi connectivity index (χ1v) is 7.68. The Morgan fingerprint density at radius 3 is 2.48 bits per heavy atom. The molecule has 128 valence electrons. The van der Waals surface area contributed by atoms with Crippen LogP contribution in [0.1, 0.15) is 11.3 Å². The number of nitrogens with two attached hydrogens (primary N) is 1. The Bertz CT molecular complexity index is 900. The molecule has 0 aliphatic carbocycles. The number of nitrogen functional groups attached to an aromatic ring is 1. The summed E-state index contributed by atoms with van der Waals surface area (Å²) in [5.74, 6) is 0.713. The van der Waals surface area contributed by atoms with Crippen molar-refractivity contribution in [1.29, 1.82) is 0 Å². The predicted molar refractivity (Wildman–Crippen MR) is 94.2 cm³/mol. The van der Waals surface area contributed by atoms with E-state index in [0.717, 1.165) is 11.3 Å². The summed E-state index contributed by atoms with van der Waals surface area (Å²) in [7, 11) is 3.08. The van der Waals surface area contributed by atoms with Gasteiger partial charge in [0.05, 0.1) is 25.6 Å². The second-order valence-electron chi connectivity index (χ2n) is 5.49. The summed E-state index contributed by atoms with van der Waals surface area (Å²) in [6.07, 6.45) is 2.08. The molecule has 1 aromatic heterocycles. The van der Waals surface area contributed by atoms with Gasteiger partial charge >= 0.3 is 0 Å². The molecule has 0 saturated carbocycles. The second kappa shape index (κ2) is 7.17. The molecule has 2 N–H and O–H groups in total. The number of halogens is 1. The van der Waals surface area contributed by atoms with E-state index in [9.17, 15) is 4.39 Å². The largest absolute Gasteiger partial charge is 0.496 e. The topological polar surface area (TPSA) is 70.3 Å². The van der Waals surface area contributed by atoms with E-state index in [1.165, 1.54) is 25.6 Å². The summed E-state index contributed by atoms with van der Waals surface area (Å²) in [6, 6.07) is 11.8. The highest BCUT2D eigenvalue weighted by molar-refractivity contribution is 5.67. The second-order valence-corrected chi connectivity index (χ2v) is 5.49. The molecular formula is C19H18FN3O2. The summed E-state index contributed by atoms with van der Waals surface area (Å²) in [5.41, 5.74) is 9.74. The maximum atomic E-state index is 13.4. The molecule has 0 fully saturated rings. The summed E-state index contributed by atoms with van der Waals surface area (Å²) >= 11 is 0. The average molecular weight is 339 g/mol. The van der Waals surface area contributed by atoms with Crippen LogP contribution in [0, 0.1) is 5.82 Å². The fraction of sp³-hybridized carbons (Fsp3) is 0.158. The fourth-order valence-corrected chi connectivity index (χ4v) is 2.62. The number of methoxy groups -OCH3 is 2. The van der Waals surface area contributed by atoms with Crippen molar-refractivity contribution in [3.63, 3.8) is 0 Å². The maximum Gasteiger partial charge on any atom is 0.141 e. The summed E-state index contributed by atoms with van der Waals surface area (Å²) in [4.78, 5) is 8.58. The monoisotopic (exact) mass is 339 g/mol. The van der Waals surface area contributed by atoms with Gasteiger partial charge in [-0.15, -0.1) is 0 Å². The number of nitrogens with zero attached hydrogens (tertiary/aromatic N) is 2. The SMILES string of the molecule is COc1ccc(Cc2cc(-c3ccc(F)cc3OC)ncn2)cc1N. The molecule has 0 aliphatic heterocycles. The van der Waals surface area contributed by atoms with Gasteiger partial charge in [0.1, 0.15) is 23.6 Å². The number of hydrogen-bond donors (Lipinski definition) is 1. The maximum absolute atomic E-state index is 13.4. The zero-order chi connectivity index (χ0) is 17.8. The third kappa shape index (κ3) is 3.68. The molecule has 0 unspecified atom stereocenters.